The predicted molar refractivity (Wildman–Crippen MR) is 103 cm³/mol. The Bertz CT molecular complexity index is 916. The highest BCUT2D eigenvalue weighted by atomic mass is 16.7. The van der Waals surface area contributed by atoms with Crippen LogP contribution in [0.4, 0.5) is 0 Å². The van der Waals surface area contributed by atoms with Gasteiger partial charge in [0.2, 0.25) is 12.5 Å². The zero-order chi connectivity index (χ0) is 20.1. The fraction of sp³-hybridized carbons (Fsp3) is 0.455. The molecular weight excluding hydrogens is 376 g/mol. The van der Waals surface area contributed by atoms with Gasteiger partial charge in [0.05, 0.1) is 27.9 Å². The molecule has 3 aliphatic rings. The molecule has 5 rings (SSSR count). The summed E-state index contributed by atoms with van der Waals surface area (Å²) in [5.41, 5.74) is 3.26. The second-order valence-corrected chi connectivity index (χ2v) is 7.61. The van der Waals surface area contributed by atoms with Crippen LogP contribution in [0.15, 0.2) is 24.3 Å². The minimum atomic E-state index is -0.831. The molecule has 0 amide bonds. The molecule has 0 spiro atoms. The summed E-state index contributed by atoms with van der Waals surface area (Å²) in [7, 11) is 4.79. The molecule has 4 atom stereocenters. The third-order valence-corrected chi connectivity index (χ3v) is 6.24. The van der Waals surface area contributed by atoms with Crippen molar-refractivity contribution in [1.29, 1.82) is 0 Å². The van der Waals surface area contributed by atoms with Gasteiger partial charge in [-0.15, -0.1) is 0 Å². The van der Waals surface area contributed by atoms with E-state index in [-0.39, 0.29) is 24.5 Å². The van der Waals surface area contributed by atoms with Gasteiger partial charge < -0.3 is 33.5 Å². The summed E-state index contributed by atoms with van der Waals surface area (Å²) in [6.07, 6.45) is -0.00287. The Hall–Kier alpha value is -2.64. The van der Waals surface area contributed by atoms with Gasteiger partial charge in [-0.1, -0.05) is 0 Å². The van der Waals surface area contributed by atoms with Gasteiger partial charge in [-0.3, -0.25) is 0 Å². The van der Waals surface area contributed by atoms with Crippen LogP contribution < -0.4 is 23.7 Å². The van der Waals surface area contributed by atoms with Crippen molar-refractivity contribution in [2.24, 2.45) is 11.8 Å². The lowest BCUT2D eigenvalue weighted by molar-refractivity contribution is -0.0853. The Labute approximate surface area is 169 Å². The molecule has 2 aromatic carbocycles. The lowest BCUT2D eigenvalue weighted by Crippen LogP contribution is -2.33. The molecule has 1 fully saturated rings. The van der Waals surface area contributed by atoms with Crippen LogP contribution in [-0.2, 0) is 11.2 Å². The summed E-state index contributed by atoms with van der Waals surface area (Å²) < 4.78 is 33.5. The highest BCUT2D eigenvalue weighted by molar-refractivity contribution is 5.58. The first-order valence-electron chi connectivity index (χ1n) is 9.66. The zero-order valence-corrected chi connectivity index (χ0v) is 16.6. The molecule has 1 aliphatic carbocycles. The first-order valence-corrected chi connectivity index (χ1v) is 9.66. The average Bonchev–Trinajstić information content (AvgIpc) is 3.35. The largest absolute Gasteiger partial charge is 0.493 e. The highest BCUT2D eigenvalue weighted by Crippen LogP contribution is 2.53. The van der Waals surface area contributed by atoms with E-state index in [1.807, 2.05) is 18.2 Å². The number of aliphatic hydroxyl groups is 1. The van der Waals surface area contributed by atoms with E-state index < -0.39 is 6.29 Å². The smallest absolute Gasteiger partial charge is 0.231 e. The third kappa shape index (κ3) is 2.80. The summed E-state index contributed by atoms with van der Waals surface area (Å²) >= 11 is 0. The Kier molecular flexibility index (Phi) is 4.44. The number of methoxy groups -OCH3 is 3. The molecule has 2 aromatic rings. The second kappa shape index (κ2) is 7.00. The van der Waals surface area contributed by atoms with E-state index in [0.717, 1.165) is 29.0 Å². The van der Waals surface area contributed by atoms with Gasteiger partial charge in [-0.05, 0) is 53.3 Å². The molecule has 0 bridgehead atoms. The molecule has 7 heteroatoms. The average molecular weight is 400 g/mol. The molecule has 1 saturated heterocycles. The molecule has 154 valence electrons. The first kappa shape index (κ1) is 18.4. The Morgan fingerprint density at radius 3 is 2.28 bits per heavy atom. The van der Waals surface area contributed by atoms with Crippen molar-refractivity contribution in [2.45, 2.75) is 18.6 Å². The van der Waals surface area contributed by atoms with Crippen LogP contribution in [0.1, 0.15) is 22.6 Å². The van der Waals surface area contributed by atoms with Crippen LogP contribution in [0, 0.1) is 11.8 Å². The fourth-order valence-corrected chi connectivity index (χ4v) is 4.95. The van der Waals surface area contributed by atoms with E-state index in [4.69, 9.17) is 28.4 Å². The van der Waals surface area contributed by atoms with Crippen LogP contribution in [-0.4, -0.2) is 46.1 Å². The molecule has 1 N–H and O–H groups in total. The molecule has 7 nitrogen and oxygen atoms in total. The standard InChI is InChI=1S/C22H24O7/c1-24-17-6-12(7-18(25-2)21(17)26-3)19-14-8-16-15(28-10-29-16)5-11(14)4-13-9-27-22(23)20(13)19/h5-8,13,19-20,22-23H,4,9-10H2,1-3H3/t13-,19+,20-,22?/m0/s1. The Morgan fingerprint density at radius 1 is 0.931 bits per heavy atom. The third-order valence-electron chi connectivity index (χ3n) is 6.24. The minimum Gasteiger partial charge on any atom is -0.493 e. The highest BCUT2D eigenvalue weighted by Gasteiger charge is 2.47. The van der Waals surface area contributed by atoms with E-state index in [0.29, 0.717) is 23.9 Å². The number of ether oxygens (including phenoxy) is 6. The van der Waals surface area contributed by atoms with Crippen LogP contribution in [0.5, 0.6) is 28.7 Å². The van der Waals surface area contributed by atoms with Crippen LogP contribution in [0.3, 0.4) is 0 Å². The van der Waals surface area contributed by atoms with Crippen molar-refractivity contribution < 1.29 is 33.5 Å². The predicted octanol–water partition coefficient (Wildman–Crippen LogP) is 2.71. The maximum Gasteiger partial charge on any atom is 0.231 e. The summed E-state index contributed by atoms with van der Waals surface area (Å²) in [4.78, 5) is 0. The van der Waals surface area contributed by atoms with Crippen molar-refractivity contribution in [3.8, 4) is 28.7 Å². The van der Waals surface area contributed by atoms with E-state index in [1.54, 1.807) is 21.3 Å². The van der Waals surface area contributed by atoms with Crippen molar-refractivity contribution in [3.63, 3.8) is 0 Å². The number of hydrogen-bond donors (Lipinski definition) is 1. The van der Waals surface area contributed by atoms with Gasteiger partial charge in [-0.2, -0.15) is 0 Å². The summed E-state index contributed by atoms with van der Waals surface area (Å²) in [5.74, 6) is 3.23. The van der Waals surface area contributed by atoms with E-state index in [1.165, 1.54) is 5.56 Å². The Balaban J connectivity index is 1.70. The quantitative estimate of drug-likeness (QED) is 0.846. The number of benzene rings is 2. The molecule has 29 heavy (non-hydrogen) atoms. The normalized spacial score (nSPS) is 26.6. The summed E-state index contributed by atoms with van der Waals surface area (Å²) in [6.45, 7) is 0.756. The topological polar surface area (TPSA) is 75.6 Å². The van der Waals surface area contributed by atoms with Gasteiger partial charge in [-0.25, -0.2) is 0 Å². The lowest BCUT2D eigenvalue weighted by atomic mass is 9.67. The lowest BCUT2D eigenvalue weighted by Gasteiger charge is -2.36. The van der Waals surface area contributed by atoms with E-state index >= 15 is 0 Å². The minimum absolute atomic E-state index is 0.0781. The van der Waals surface area contributed by atoms with E-state index in [2.05, 4.69) is 6.07 Å². The molecule has 2 aliphatic heterocycles. The van der Waals surface area contributed by atoms with Crippen molar-refractivity contribution in [1.82, 2.24) is 0 Å². The maximum absolute atomic E-state index is 10.7. The molecular formula is C22H24O7. The number of hydrogen-bond acceptors (Lipinski definition) is 7. The van der Waals surface area contributed by atoms with Gasteiger partial charge in [0, 0.05) is 11.8 Å². The second-order valence-electron chi connectivity index (χ2n) is 7.61. The van der Waals surface area contributed by atoms with Crippen molar-refractivity contribution in [2.75, 3.05) is 34.7 Å². The molecule has 0 aromatic heterocycles. The van der Waals surface area contributed by atoms with Gasteiger partial charge >= 0.3 is 0 Å². The van der Waals surface area contributed by atoms with Gasteiger partial charge in [0.15, 0.2) is 29.3 Å². The van der Waals surface area contributed by atoms with E-state index in [9.17, 15) is 5.11 Å². The first-order chi connectivity index (χ1) is 14.1. The number of fused-ring (bicyclic) bond motifs is 3. The van der Waals surface area contributed by atoms with Crippen molar-refractivity contribution >= 4 is 0 Å². The monoisotopic (exact) mass is 400 g/mol. The summed E-state index contributed by atoms with van der Waals surface area (Å²) in [5, 5.41) is 10.7. The Morgan fingerprint density at radius 2 is 1.62 bits per heavy atom. The zero-order valence-electron chi connectivity index (χ0n) is 16.6. The molecule has 0 radical (unpaired) electrons. The summed E-state index contributed by atoms with van der Waals surface area (Å²) in [6, 6.07) is 8.00. The van der Waals surface area contributed by atoms with Gasteiger partial charge in [0.25, 0.3) is 0 Å². The molecule has 1 unspecified atom stereocenters. The van der Waals surface area contributed by atoms with Crippen LogP contribution in [0.2, 0.25) is 0 Å². The van der Waals surface area contributed by atoms with Crippen molar-refractivity contribution in [3.05, 3.63) is 41.0 Å². The maximum atomic E-state index is 10.7. The number of aliphatic hydroxyl groups excluding tert-OH is 1. The molecule has 0 saturated carbocycles. The van der Waals surface area contributed by atoms with Crippen LogP contribution >= 0.6 is 0 Å². The van der Waals surface area contributed by atoms with Gasteiger partial charge in [0.1, 0.15) is 0 Å². The van der Waals surface area contributed by atoms with Crippen LogP contribution in [0.25, 0.3) is 0 Å². The fourth-order valence-electron chi connectivity index (χ4n) is 4.95. The molecule has 2 heterocycles. The SMILES string of the molecule is COc1cc([C@@H]2c3cc4c(cc3C[C@H]3COC(O)[C@@H]32)OCO4)cc(OC)c1OC. The number of rotatable bonds is 4.